The van der Waals surface area contributed by atoms with Gasteiger partial charge in [-0.3, -0.25) is 19.7 Å². The molecule has 0 aliphatic heterocycles. The lowest BCUT2D eigenvalue weighted by atomic mass is 10.1. The molecule has 2 aromatic rings. The summed E-state index contributed by atoms with van der Waals surface area (Å²) < 4.78 is 5.11. The van der Waals surface area contributed by atoms with Gasteiger partial charge < -0.3 is 15.4 Å². The average Bonchev–Trinajstić information content (AvgIpc) is 2.75. The highest BCUT2D eigenvalue weighted by molar-refractivity contribution is 7.98. The van der Waals surface area contributed by atoms with Crippen molar-refractivity contribution in [2.45, 2.75) is 19.0 Å². The number of rotatable bonds is 10. The summed E-state index contributed by atoms with van der Waals surface area (Å²) in [7, 11) is 1.58. The van der Waals surface area contributed by atoms with Crippen LogP contribution in [0.1, 0.15) is 22.3 Å². The quantitative estimate of drug-likeness (QED) is 0.454. The van der Waals surface area contributed by atoms with E-state index >= 15 is 0 Å². The van der Waals surface area contributed by atoms with Crippen molar-refractivity contribution in [3.8, 4) is 5.75 Å². The zero-order chi connectivity index (χ0) is 21.2. The Labute approximate surface area is 173 Å². The fraction of sp³-hybridized carbons (Fsp3) is 0.300. The number of hydrogen-bond acceptors (Lipinski definition) is 6. The van der Waals surface area contributed by atoms with Crippen molar-refractivity contribution < 1.29 is 19.2 Å². The van der Waals surface area contributed by atoms with E-state index in [-0.39, 0.29) is 17.2 Å². The molecule has 0 fully saturated rings. The number of nitro groups is 1. The van der Waals surface area contributed by atoms with E-state index in [1.54, 1.807) is 31.0 Å². The SMILES string of the molecule is COc1ccc(CNC(=O)[C@@H](CCSC)NC(=O)c2cccc([N+](=O)[O-])c2)cc1. The van der Waals surface area contributed by atoms with Gasteiger partial charge in [-0.25, -0.2) is 0 Å². The first-order valence-electron chi connectivity index (χ1n) is 8.89. The number of nitro benzene ring substituents is 1. The number of ether oxygens (including phenoxy) is 1. The fourth-order valence-corrected chi connectivity index (χ4v) is 3.03. The van der Waals surface area contributed by atoms with Gasteiger partial charge in [-0.05, 0) is 42.2 Å². The van der Waals surface area contributed by atoms with Crippen LogP contribution in [0.5, 0.6) is 5.75 Å². The number of nitrogens with one attached hydrogen (secondary N) is 2. The second-order valence-electron chi connectivity index (χ2n) is 6.18. The maximum absolute atomic E-state index is 12.6. The Morgan fingerprint density at radius 3 is 2.55 bits per heavy atom. The lowest BCUT2D eigenvalue weighted by Gasteiger charge is -2.18. The van der Waals surface area contributed by atoms with Crippen LogP contribution in [0.15, 0.2) is 48.5 Å². The van der Waals surface area contributed by atoms with E-state index in [9.17, 15) is 19.7 Å². The molecule has 8 nitrogen and oxygen atoms in total. The number of nitrogens with zero attached hydrogens (tertiary/aromatic N) is 1. The van der Waals surface area contributed by atoms with Gasteiger partial charge in [-0.1, -0.05) is 18.2 Å². The van der Waals surface area contributed by atoms with E-state index in [4.69, 9.17) is 4.74 Å². The summed E-state index contributed by atoms with van der Waals surface area (Å²) in [4.78, 5) is 35.5. The molecule has 2 aromatic carbocycles. The Hall–Kier alpha value is -3.07. The molecule has 0 aliphatic carbocycles. The topological polar surface area (TPSA) is 111 Å². The van der Waals surface area contributed by atoms with Crippen molar-refractivity contribution in [2.75, 3.05) is 19.1 Å². The van der Waals surface area contributed by atoms with Crippen LogP contribution in [-0.4, -0.2) is 41.9 Å². The van der Waals surface area contributed by atoms with Crippen molar-refractivity contribution in [1.82, 2.24) is 10.6 Å². The Morgan fingerprint density at radius 1 is 1.21 bits per heavy atom. The van der Waals surface area contributed by atoms with Crippen molar-refractivity contribution in [2.24, 2.45) is 0 Å². The number of benzene rings is 2. The molecule has 0 unspecified atom stereocenters. The highest BCUT2D eigenvalue weighted by Gasteiger charge is 2.22. The normalized spacial score (nSPS) is 11.4. The van der Waals surface area contributed by atoms with Crippen LogP contribution in [0.25, 0.3) is 0 Å². The van der Waals surface area contributed by atoms with Crippen molar-refractivity contribution in [1.29, 1.82) is 0 Å². The van der Waals surface area contributed by atoms with Gasteiger partial charge in [0.25, 0.3) is 11.6 Å². The summed E-state index contributed by atoms with van der Waals surface area (Å²) in [6.07, 6.45) is 2.35. The summed E-state index contributed by atoms with van der Waals surface area (Å²) in [6, 6.07) is 12.0. The maximum Gasteiger partial charge on any atom is 0.270 e. The number of carbonyl (C=O) groups is 2. The first-order chi connectivity index (χ1) is 13.9. The highest BCUT2D eigenvalue weighted by Crippen LogP contribution is 2.14. The minimum atomic E-state index is -0.743. The third kappa shape index (κ3) is 6.79. The van der Waals surface area contributed by atoms with Gasteiger partial charge in [-0.2, -0.15) is 11.8 Å². The minimum Gasteiger partial charge on any atom is -0.497 e. The van der Waals surface area contributed by atoms with Gasteiger partial charge in [0.05, 0.1) is 12.0 Å². The number of hydrogen-bond donors (Lipinski definition) is 2. The van der Waals surface area contributed by atoms with E-state index in [1.807, 2.05) is 18.4 Å². The van der Waals surface area contributed by atoms with E-state index in [2.05, 4.69) is 10.6 Å². The minimum absolute atomic E-state index is 0.135. The summed E-state index contributed by atoms with van der Waals surface area (Å²) in [5.74, 6) is 0.561. The summed E-state index contributed by atoms with van der Waals surface area (Å²) in [5, 5.41) is 16.4. The van der Waals surface area contributed by atoms with Crippen LogP contribution in [0.2, 0.25) is 0 Å². The largest absolute Gasteiger partial charge is 0.497 e. The molecule has 0 aromatic heterocycles. The van der Waals surface area contributed by atoms with Gasteiger partial charge in [0.15, 0.2) is 0 Å². The third-order valence-corrected chi connectivity index (χ3v) is 4.82. The average molecular weight is 417 g/mol. The molecule has 2 rings (SSSR count). The van der Waals surface area contributed by atoms with Gasteiger partial charge in [0.2, 0.25) is 5.91 Å². The number of carbonyl (C=O) groups excluding carboxylic acids is 2. The summed E-state index contributed by atoms with van der Waals surface area (Å²) >= 11 is 1.56. The molecular weight excluding hydrogens is 394 g/mol. The second kappa shape index (κ2) is 11.1. The number of non-ortho nitro benzene ring substituents is 1. The molecule has 9 heteroatoms. The number of thioether (sulfide) groups is 1. The Bertz CT molecular complexity index is 857. The van der Waals surface area contributed by atoms with Crippen LogP contribution in [0, 0.1) is 10.1 Å². The van der Waals surface area contributed by atoms with Crippen LogP contribution in [0.4, 0.5) is 5.69 Å². The molecule has 154 valence electrons. The van der Waals surface area contributed by atoms with E-state index in [1.165, 1.54) is 24.3 Å². The fourth-order valence-electron chi connectivity index (χ4n) is 2.56. The second-order valence-corrected chi connectivity index (χ2v) is 7.17. The Balaban J connectivity index is 2.02. The highest BCUT2D eigenvalue weighted by atomic mass is 32.2. The van der Waals surface area contributed by atoms with Gasteiger partial charge in [0.1, 0.15) is 11.8 Å². The van der Waals surface area contributed by atoms with E-state index in [0.717, 1.165) is 11.3 Å². The molecule has 1 atom stereocenters. The monoisotopic (exact) mass is 417 g/mol. The van der Waals surface area contributed by atoms with Crippen LogP contribution < -0.4 is 15.4 Å². The van der Waals surface area contributed by atoms with E-state index < -0.39 is 16.9 Å². The molecule has 2 N–H and O–H groups in total. The third-order valence-electron chi connectivity index (χ3n) is 4.18. The van der Waals surface area contributed by atoms with Gasteiger partial charge >= 0.3 is 0 Å². The molecule has 29 heavy (non-hydrogen) atoms. The first-order valence-corrected chi connectivity index (χ1v) is 10.3. The Morgan fingerprint density at radius 2 is 1.93 bits per heavy atom. The van der Waals surface area contributed by atoms with Gasteiger partial charge in [-0.15, -0.1) is 0 Å². The lowest BCUT2D eigenvalue weighted by molar-refractivity contribution is -0.384. The maximum atomic E-state index is 12.6. The summed E-state index contributed by atoms with van der Waals surface area (Å²) in [5.41, 5.74) is 0.853. The molecule has 0 saturated carbocycles. The zero-order valence-electron chi connectivity index (χ0n) is 16.2. The molecule has 2 amide bonds. The molecule has 0 spiro atoms. The zero-order valence-corrected chi connectivity index (χ0v) is 17.0. The van der Waals surface area contributed by atoms with E-state index in [0.29, 0.717) is 18.7 Å². The van der Waals surface area contributed by atoms with Gasteiger partial charge in [0, 0.05) is 24.2 Å². The summed E-state index contributed by atoms with van der Waals surface area (Å²) in [6.45, 7) is 0.311. The predicted octanol–water partition coefficient (Wildman–Crippen LogP) is 2.77. The standard InChI is InChI=1S/C20H23N3O5S/c1-28-17-8-6-14(7-9-17)13-21-20(25)18(10-11-29-2)22-19(24)15-4-3-5-16(12-15)23(26)27/h3-9,12,18H,10-11,13H2,1-2H3,(H,21,25)(H,22,24)/t18-/m1/s1. The lowest BCUT2D eigenvalue weighted by Crippen LogP contribution is -2.46. The van der Waals surface area contributed by atoms with Crippen LogP contribution in [-0.2, 0) is 11.3 Å². The number of amides is 2. The Kier molecular flexibility index (Phi) is 8.47. The smallest absolute Gasteiger partial charge is 0.270 e. The molecule has 0 aliphatic rings. The molecular formula is C20H23N3O5S. The van der Waals surface area contributed by atoms with Crippen molar-refractivity contribution in [3.63, 3.8) is 0 Å². The molecule has 0 heterocycles. The first kappa shape index (κ1) is 22.2. The van der Waals surface area contributed by atoms with Crippen molar-refractivity contribution >= 4 is 29.3 Å². The molecule has 0 bridgehead atoms. The van der Waals surface area contributed by atoms with Crippen molar-refractivity contribution in [3.05, 3.63) is 69.8 Å². The predicted molar refractivity (Wildman–Crippen MR) is 112 cm³/mol. The molecule has 0 saturated heterocycles. The molecule has 0 radical (unpaired) electrons. The van der Waals surface area contributed by atoms with Crippen LogP contribution >= 0.6 is 11.8 Å². The van der Waals surface area contributed by atoms with Crippen LogP contribution in [0.3, 0.4) is 0 Å². The number of methoxy groups -OCH3 is 1.